The predicted molar refractivity (Wildman–Crippen MR) is 49.8 cm³/mol. The molecule has 0 aromatic carbocycles. The summed E-state index contributed by atoms with van der Waals surface area (Å²) in [5.74, 6) is 0. The fourth-order valence-electron chi connectivity index (χ4n) is 1.85. The van der Waals surface area contributed by atoms with Crippen LogP contribution in [0.4, 0.5) is 0 Å². The zero-order valence-electron chi connectivity index (χ0n) is 7.37. The van der Waals surface area contributed by atoms with Crippen molar-refractivity contribution in [1.29, 1.82) is 0 Å². The van der Waals surface area contributed by atoms with Crippen LogP contribution in [0.25, 0.3) is 0 Å². The van der Waals surface area contributed by atoms with Crippen molar-refractivity contribution in [2.75, 3.05) is 26.2 Å². The third-order valence-electron chi connectivity index (χ3n) is 2.57. The van der Waals surface area contributed by atoms with Crippen molar-refractivity contribution in [1.82, 2.24) is 8.61 Å². The molecule has 0 N–H and O–H groups in total. The van der Waals surface area contributed by atoms with Gasteiger partial charge < -0.3 is 0 Å². The minimum absolute atomic E-state index is 0.804. The van der Waals surface area contributed by atoms with Gasteiger partial charge in [-0.15, -0.1) is 0 Å². The molecule has 4 heteroatoms. The van der Waals surface area contributed by atoms with Gasteiger partial charge >= 0.3 is 0 Å². The van der Waals surface area contributed by atoms with Gasteiger partial charge in [-0.25, -0.2) is 12.8 Å². The molecule has 0 bridgehead atoms. The molecule has 3 nitrogen and oxygen atoms in total. The first-order valence-electron chi connectivity index (χ1n) is 4.80. The van der Waals surface area contributed by atoms with Crippen molar-refractivity contribution >= 4 is 11.2 Å². The van der Waals surface area contributed by atoms with Crippen LogP contribution in [0.2, 0.25) is 0 Å². The highest BCUT2D eigenvalue weighted by molar-refractivity contribution is 7.80. The molecule has 2 aliphatic heterocycles. The Morgan fingerprint density at radius 1 is 0.750 bits per heavy atom. The fraction of sp³-hybridized carbons (Fsp3) is 1.00. The van der Waals surface area contributed by atoms with Crippen molar-refractivity contribution in [2.45, 2.75) is 25.7 Å². The molecular weight excluding hydrogens is 172 g/mol. The van der Waals surface area contributed by atoms with Crippen LogP contribution in [0.15, 0.2) is 0 Å². The van der Waals surface area contributed by atoms with Gasteiger partial charge in [-0.3, -0.25) is 0 Å². The Morgan fingerprint density at radius 2 is 1.08 bits per heavy atom. The number of rotatable bonds is 2. The molecule has 12 heavy (non-hydrogen) atoms. The van der Waals surface area contributed by atoms with E-state index in [-0.39, 0.29) is 0 Å². The van der Waals surface area contributed by atoms with Crippen molar-refractivity contribution in [3.05, 3.63) is 0 Å². The summed E-state index contributed by atoms with van der Waals surface area (Å²) in [6, 6.07) is 0. The minimum atomic E-state index is -0.804. The second-order valence-corrected chi connectivity index (χ2v) is 5.00. The molecule has 0 aromatic rings. The standard InChI is InChI=1S/C8H16N2OS/c11-12(9-5-1-2-6-9)10-7-3-4-8-10/h1-8H2. The van der Waals surface area contributed by atoms with Crippen molar-refractivity contribution in [3.63, 3.8) is 0 Å². The second-order valence-electron chi connectivity index (χ2n) is 3.50. The Labute approximate surface area is 76.4 Å². The second kappa shape index (κ2) is 3.85. The Hall–Kier alpha value is 0.0700. The van der Waals surface area contributed by atoms with E-state index in [4.69, 9.17) is 0 Å². The van der Waals surface area contributed by atoms with Crippen LogP contribution >= 0.6 is 0 Å². The molecule has 0 saturated carbocycles. The van der Waals surface area contributed by atoms with Crippen LogP contribution in [-0.2, 0) is 11.2 Å². The molecule has 2 aliphatic rings. The van der Waals surface area contributed by atoms with Crippen LogP contribution in [0.1, 0.15) is 25.7 Å². The van der Waals surface area contributed by atoms with Gasteiger partial charge in [0.1, 0.15) is 0 Å². The maximum atomic E-state index is 11.8. The summed E-state index contributed by atoms with van der Waals surface area (Å²) in [7, 11) is 0. The molecule has 0 aromatic heterocycles. The fourth-order valence-corrected chi connectivity index (χ4v) is 3.32. The lowest BCUT2D eigenvalue weighted by molar-refractivity contribution is 0.454. The average molecular weight is 188 g/mol. The zero-order chi connectivity index (χ0) is 8.39. The molecule has 0 atom stereocenters. The molecule has 0 amide bonds. The average Bonchev–Trinajstić information content (AvgIpc) is 2.77. The summed E-state index contributed by atoms with van der Waals surface area (Å²) in [5.41, 5.74) is 0. The van der Waals surface area contributed by atoms with Crippen LogP contribution in [0.5, 0.6) is 0 Å². The molecule has 70 valence electrons. The lowest BCUT2D eigenvalue weighted by Crippen LogP contribution is -2.35. The molecule has 2 fully saturated rings. The molecule has 2 heterocycles. The Kier molecular flexibility index (Phi) is 2.78. The van der Waals surface area contributed by atoms with Gasteiger partial charge in [-0.1, -0.05) is 0 Å². The lowest BCUT2D eigenvalue weighted by Gasteiger charge is -2.20. The van der Waals surface area contributed by atoms with E-state index in [2.05, 4.69) is 8.61 Å². The maximum Gasteiger partial charge on any atom is 0.172 e. The third-order valence-corrected chi connectivity index (χ3v) is 4.19. The van der Waals surface area contributed by atoms with E-state index in [1.807, 2.05) is 0 Å². The van der Waals surface area contributed by atoms with Crippen LogP contribution in [0, 0.1) is 0 Å². The first-order chi connectivity index (χ1) is 5.88. The molecular formula is C8H16N2OS. The predicted octanol–water partition coefficient (Wildman–Crippen LogP) is 0.757. The summed E-state index contributed by atoms with van der Waals surface area (Å²) in [5, 5.41) is 0. The Morgan fingerprint density at radius 3 is 1.42 bits per heavy atom. The number of nitrogens with zero attached hydrogens (tertiary/aromatic N) is 2. The largest absolute Gasteiger partial charge is 0.225 e. The van der Waals surface area contributed by atoms with Gasteiger partial charge in [0.2, 0.25) is 0 Å². The van der Waals surface area contributed by atoms with Crippen LogP contribution in [0.3, 0.4) is 0 Å². The molecule has 2 rings (SSSR count). The van der Waals surface area contributed by atoms with Gasteiger partial charge in [0.05, 0.1) is 0 Å². The Balaban J connectivity index is 1.89. The van der Waals surface area contributed by atoms with Gasteiger partial charge in [0.25, 0.3) is 0 Å². The van der Waals surface area contributed by atoms with E-state index >= 15 is 0 Å². The lowest BCUT2D eigenvalue weighted by atomic mass is 10.4. The van der Waals surface area contributed by atoms with Gasteiger partial charge in [-0.05, 0) is 25.7 Å². The molecule has 0 spiro atoms. The normalized spacial score (nSPS) is 27.4. The van der Waals surface area contributed by atoms with E-state index in [0.717, 1.165) is 26.2 Å². The highest BCUT2D eigenvalue weighted by Crippen LogP contribution is 2.17. The monoisotopic (exact) mass is 188 g/mol. The van der Waals surface area contributed by atoms with Crippen molar-refractivity contribution in [3.8, 4) is 0 Å². The van der Waals surface area contributed by atoms with Gasteiger partial charge in [0.15, 0.2) is 11.2 Å². The molecule has 0 radical (unpaired) electrons. The van der Waals surface area contributed by atoms with E-state index in [1.165, 1.54) is 25.7 Å². The first kappa shape index (κ1) is 8.66. The topological polar surface area (TPSA) is 23.6 Å². The van der Waals surface area contributed by atoms with Crippen LogP contribution in [-0.4, -0.2) is 39.0 Å². The minimum Gasteiger partial charge on any atom is -0.225 e. The highest BCUT2D eigenvalue weighted by atomic mass is 32.2. The summed E-state index contributed by atoms with van der Waals surface area (Å²) in [4.78, 5) is 0. The first-order valence-corrected chi connectivity index (χ1v) is 5.86. The quantitative estimate of drug-likeness (QED) is 0.627. The molecule has 2 saturated heterocycles. The molecule has 0 unspecified atom stereocenters. The SMILES string of the molecule is O=S(N1CCCC1)N1CCCC1. The maximum absolute atomic E-state index is 11.8. The highest BCUT2D eigenvalue weighted by Gasteiger charge is 2.25. The van der Waals surface area contributed by atoms with Gasteiger partial charge in [0, 0.05) is 26.2 Å². The van der Waals surface area contributed by atoms with Gasteiger partial charge in [-0.2, -0.15) is 0 Å². The zero-order valence-corrected chi connectivity index (χ0v) is 8.18. The van der Waals surface area contributed by atoms with Crippen molar-refractivity contribution in [2.24, 2.45) is 0 Å². The number of hydrogen-bond acceptors (Lipinski definition) is 1. The van der Waals surface area contributed by atoms with Crippen molar-refractivity contribution < 1.29 is 4.21 Å². The molecule has 0 aliphatic carbocycles. The van der Waals surface area contributed by atoms with E-state index < -0.39 is 11.2 Å². The Bertz CT molecular complexity index is 156. The summed E-state index contributed by atoms with van der Waals surface area (Å²) in [6.07, 6.45) is 4.89. The van der Waals surface area contributed by atoms with E-state index in [1.54, 1.807) is 0 Å². The smallest absolute Gasteiger partial charge is 0.172 e. The van der Waals surface area contributed by atoms with Crippen LogP contribution < -0.4 is 0 Å². The third kappa shape index (κ3) is 1.70. The van der Waals surface area contributed by atoms with E-state index in [0.29, 0.717) is 0 Å². The van der Waals surface area contributed by atoms with E-state index in [9.17, 15) is 4.21 Å². The summed E-state index contributed by atoms with van der Waals surface area (Å²) >= 11 is -0.804. The number of hydrogen-bond donors (Lipinski definition) is 0. The summed E-state index contributed by atoms with van der Waals surface area (Å²) in [6.45, 7) is 4.12. The summed E-state index contributed by atoms with van der Waals surface area (Å²) < 4.78 is 16.0.